The third-order valence-electron chi connectivity index (χ3n) is 5.65. The number of carboxylic acids is 1. The number of ether oxygens (including phenoxy) is 1. The van der Waals surface area contributed by atoms with Gasteiger partial charge in [0.25, 0.3) is 0 Å². The first-order valence-corrected chi connectivity index (χ1v) is 12.0. The van der Waals surface area contributed by atoms with Crippen LogP contribution < -0.4 is 4.74 Å². The van der Waals surface area contributed by atoms with E-state index in [1.807, 2.05) is 36.4 Å². The smallest absolute Gasteiger partial charge is 0.304 e. The predicted octanol–water partition coefficient (Wildman–Crippen LogP) is 6.27. The Morgan fingerprint density at radius 2 is 1.91 bits per heavy atom. The molecule has 0 amide bonds. The molecule has 2 aromatic heterocycles. The number of benzene rings is 2. The first-order valence-electron chi connectivity index (χ1n) is 11.0. The van der Waals surface area contributed by atoms with Gasteiger partial charge in [-0.2, -0.15) is 0 Å². The van der Waals surface area contributed by atoms with E-state index in [9.17, 15) is 13.6 Å². The number of carbonyl (C=O) groups is 1. The molecule has 1 N–H and O–H groups in total. The monoisotopic (exact) mass is 490 g/mol. The summed E-state index contributed by atoms with van der Waals surface area (Å²) in [5.41, 5.74) is 4.15. The first kappa shape index (κ1) is 23.0. The van der Waals surface area contributed by atoms with Crippen molar-refractivity contribution in [1.82, 2.24) is 9.97 Å². The largest absolute Gasteiger partial charge is 0.481 e. The summed E-state index contributed by atoms with van der Waals surface area (Å²) in [6, 6.07) is 15.4. The lowest BCUT2D eigenvalue weighted by Gasteiger charge is -2.19. The normalized spacial score (nSPS) is 14.9. The van der Waals surface area contributed by atoms with Crippen LogP contribution in [0.5, 0.6) is 5.75 Å². The van der Waals surface area contributed by atoms with Gasteiger partial charge in [-0.25, -0.2) is 13.8 Å². The number of rotatable bonds is 6. The molecule has 0 bridgehead atoms. The van der Waals surface area contributed by atoms with Gasteiger partial charge in [0.15, 0.2) is 17.1 Å². The number of para-hydroxylation sites is 1. The maximum absolute atomic E-state index is 13.7. The van der Waals surface area contributed by atoms with Gasteiger partial charge in [-0.3, -0.25) is 9.78 Å². The minimum Gasteiger partial charge on any atom is -0.481 e. The molecular formula is C27H20F2N2O3S. The van der Waals surface area contributed by atoms with E-state index in [2.05, 4.69) is 9.97 Å². The molecule has 176 valence electrons. The third kappa shape index (κ3) is 5.02. The summed E-state index contributed by atoms with van der Waals surface area (Å²) in [6.07, 6.45) is 6.04. The molecule has 1 aliphatic heterocycles. The van der Waals surface area contributed by atoms with Gasteiger partial charge in [-0.05, 0) is 41.5 Å². The SMILES string of the molecule is O=C(O)CCSC1Oc2c(/C=C/c3ccc4cc(F)c(F)cc4n3)cccc2Cc2cccnc21. The second-order valence-corrected chi connectivity index (χ2v) is 9.22. The van der Waals surface area contributed by atoms with E-state index in [4.69, 9.17) is 9.84 Å². The standard InChI is InChI=1S/C27H20F2N2O3S/c28-21-14-17-7-9-20(31-23(17)15-22(21)29)8-6-16-3-1-4-19-13-18-5-2-11-30-25(18)27(34-26(16)19)35-12-10-24(32)33/h1-9,11,14-15,27H,10,12-13H2,(H,32,33)/b8-6+. The number of hydrogen-bond donors (Lipinski definition) is 1. The van der Waals surface area contributed by atoms with Crippen LogP contribution in [0.4, 0.5) is 8.78 Å². The zero-order valence-corrected chi connectivity index (χ0v) is 19.3. The van der Waals surface area contributed by atoms with Gasteiger partial charge < -0.3 is 9.84 Å². The molecule has 2 aromatic carbocycles. The van der Waals surface area contributed by atoms with E-state index in [1.54, 1.807) is 24.4 Å². The lowest BCUT2D eigenvalue weighted by Crippen LogP contribution is -2.09. The van der Waals surface area contributed by atoms with Crippen molar-refractivity contribution in [1.29, 1.82) is 0 Å². The van der Waals surface area contributed by atoms with Gasteiger partial charge >= 0.3 is 5.97 Å². The zero-order chi connectivity index (χ0) is 24.4. The van der Waals surface area contributed by atoms with Crippen LogP contribution in [0.25, 0.3) is 23.1 Å². The average Bonchev–Trinajstić information content (AvgIpc) is 3.00. The maximum Gasteiger partial charge on any atom is 0.304 e. The topological polar surface area (TPSA) is 72.3 Å². The predicted molar refractivity (Wildman–Crippen MR) is 132 cm³/mol. The summed E-state index contributed by atoms with van der Waals surface area (Å²) in [5, 5.41) is 9.56. The van der Waals surface area contributed by atoms with Crippen LogP contribution in [-0.4, -0.2) is 26.8 Å². The number of aliphatic carboxylic acids is 1. The number of fused-ring (bicyclic) bond motifs is 3. The first-order chi connectivity index (χ1) is 17.0. The van der Waals surface area contributed by atoms with Crippen molar-refractivity contribution in [2.75, 3.05) is 5.75 Å². The molecule has 5 nitrogen and oxygen atoms in total. The van der Waals surface area contributed by atoms with Crippen molar-refractivity contribution in [3.8, 4) is 5.75 Å². The fourth-order valence-corrected chi connectivity index (χ4v) is 5.01. The van der Waals surface area contributed by atoms with Gasteiger partial charge in [0.2, 0.25) is 0 Å². The van der Waals surface area contributed by atoms with Crippen molar-refractivity contribution >= 4 is 40.8 Å². The molecule has 35 heavy (non-hydrogen) atoms. The molecule has 3 heterocycles. The van der Waals surface area contributed by atoms with Crippen LogP contribution in [0.3, 0.4) is 0 Å². The average molecular weight is 491 g/mol. The van der Waals surface area contributed by atoms with Crippen LogP contribution in [-0.2, 0) is 11.2 Å². The molecule has 0 saturated carbocycles. The number of pyridine rings is 2. The highest BCUT2D eigenvalue weighted by atomic mass is 32.2. The molecule has 5 rings (SSSR count). The maximum atomic E-state index is 13.7. The second kappa shape index (κ2) is 9.84. The number of hydrogen-bond acceptors (Lipinski definition) is 5. The van der Waals surface area contributed by atoms with Crippen LogP contribution >= 0.6 is 11.8 Å². The molecule has 8 heteroatoms. The lowest BCUT2D eigenvalue weighted by molar-refractivity contribution is -0.136. The molecule has 1 unspecified atom stereocenters. The molecule has 0 fully saturated rings. The number of halogens is 2. The molecule has 0 aliphatic carbocycles. The van der Waals surface area contributed by atoms with Gasteiger partial charge in [-0.15, -0.1) is 11.8 Å². The molecular weight excluding hydrogens is 470 g/mol. The van der Waals surface area contributed by atoms with E-state index >= 15 is 0 Å². The highest BCUT2D eigenvalue weighted by molar-refractivity contribution is 7.99. The van der Waals surface area contributed by atoms with Crippen LogP contribution in [0.1, 0.15) is 39.9 Å². The molecule has 0 radical (unpaired) electrons. The van der Waals surface area contributed by atoms with Crippen molar-refractivity contribution in [2.45, 2.75) is 18.3 Å². The number of carboxylic acid groups (broad SMARTS) is 1. The summed E-state index contributed by atoms with van der Waals surface area (Å²) >= 11 is 1.40. The summed E-state index contributed by atoms with van der Waals surface area (Å²) in [6.45, 7) is 0. The van der Waals surface area contributed by atoms with Crippen LogP contribution in [0.2, 0.25) is 0 Å². The Bertz CT molecular complexity index is 1460. The second-order valence-electron chi connectivity index (χ2n) is 8.05. The fourth-order valence-electron chi connectivity index (χ4n) is 3.97. The van der Waals surface area contributed by atoms with Crippen LogP contribution in [0.15, 0.2) is 60.8 Å². The summed E-state index contributed by atoms with van der Waals surface area (Å²) in [4.78, 5) is 20.0. The van der Waals surface area contributed by atoms with E-state index in [1.165, 1.54) is 11.8 Å². The van der Waals surface area contributed by atoms with Crippen molar-refractivity contribution in [2.24, 2.45) is 0 Å². The highest BCUT2D eigenvalue weighted by Gasteiger charge is 2.26. The molecule has 1 atom stereocenters. The molecule has 0 saturated heterocycles. The summed E-state index contributed by atoms with van der Waals surface area (Å²) in [7, 11) is 0. The van der Waals surface area contributed by atoms with Gasteiger partial charge in [0.05, 0.1) is 23.3 Å². The quantitative estimate of drug-likeness (QED) is 0.344. The Hall–Kier alpha value is -3.78. The van der Waals surface area contributed by atoms with Gasteiger partial charge in [-0.1, -0.05) is 30.3 Å². The molecule has 0 spiro atoms. The number of aromatic nitrogens is 2. The van der Waals surface area contributed by atoms with Crippen molar-refractivity contribution < 1.29 is 23.4 Å². The van der Waals surface area contributed by atoms with E-state index < -0.39 is 23.0 Å². The third-order valence-corrected chi connectivity index (χ3v) is 6.72. The Balaban J connectivity index is 1.47. The van der Waals surface area contributed by atoms with Crippen molar-refractivity contribution in [3.63, 3.8) is 0 Å². The Morgan fingerprint density at radius 1 is 1.09 bits per heavy atom. The van der Waals surface area contributed by atoms with Crippen LogP contribution in [0, 0.1) is 11.6 Å². The summed E-state index contributed by atoms with van der Waals surface area (Å²) in [5.74, 6) is -1.61. The highest BCUT2D eigenvalue weighted by Crippen LogP contribution is 2.41. The lowest BCUT2D eigenvalue weighted by atomic mass is 10.0. The van der Waals surface area contributed by atoms with Crippen molar-refractivity contribution in [3.05, 3.63) is 101 Å². The minimum absolute atomic E-state index is 0.0270. The molecule has 1 aliphatic rings. The van der Waals surface area contributed by atoms with Gasteiger partial charge in [0, 0.05) is 35.4 Å². The Kier molecular flexibility index (Phi) is 6.46. The van der Waals surface area contributed by atoms with Gasteiger partial charge in [0.1, 0.15) is 5.75 Å². The number of thioether (sulfide) groups is 1. The fraction of sp³-hybridized carbons (Fsp3) is 0.148. The Morgan fingerprint density at radius 3 is 2.77 bits per heavy atom. The zero-order valence-electron chi connectivity index (χ0n) is 18.4. The van der Waals surface area contributed by atoms with E-state index in [0.717, 1.165) is 34.5 Å². The Labute approximate surface area is 204 Å². The number of nitrogens with zero attached hydrogens (tertiary/aromatic N) is 2. The molecule has 4 aromatic rings. The van der Waals surface area contributed by atoms with E-state index in [0.29, 0.717) is 34.5 Å². The minimum atomic E-state index is -0.937. The van der Waals surface area contributed by atoms with E-state index in [-0.39, 0.29) is 6.42 Å². The summed E-state index contributed by atoms with van der Waals surface area (Å²) < 4.78 is 33.6.